The van der Waals surface area contributed by atoms with Crippen molar-refractivity contribution in [1.82, 2.24) is 19.9 Å². The molecule has 10 aromatic rings. The van der Waals surface area contributed by atoms with Gasteiger partial charge < -0.3 is 0 Å². The minimum Gasteiger partial charge on any atom is -0.244 e. The monoisotopic (exact) mass is 902 g/mol. The molecule has 1 spiro atoms. The standard InChI is InChI=1S/C64H50N4Si/c1-69(2)59-22-11-10-19-50(59)54-36-53-52-35-44(27-28-55(52)64(56(53)37-60(54)69)45-30-38-29-39(32-45)33-46(64)31-38)57-20-12-21-58(65-57)63-67-61(41-13-4-3-5-14-41)66-62(68-63)42-25-23-40(24-26-42)51-34-43-15-6-7-16-47(43)48-17-8-9-18-49(48)51/h3-28,34-39,45-46H,29-33H2,1-2H3. The van der Waals surface area contributed by atoms with Crippen LogP contribution in [0.1, 0.15) is 43.2 Å². The van der Waals surface area contributed by atoms with Gasteiger partial charge in [0.25, 0.3) is 0 Å². The molecule has 0 amide bonds. The molecule has 5 aliphatic carbocycles. The highest BCUT2D eigenvalue weighted by molar-refractivity contribution is 7.03. The molecule has 6 aliphatic rings. The molecule has 4 saturated carbocycles. The van der Waals surface area contributed by atoms with Crippen LogP contribution in [0.25, 0.3) is 100 Å². The van der Waals surface area contributed by atoms with E-state index in [0.29, 0.717) is 29.3 Å². The van der Waals surface area contributed by atoms with E-state index in [9.17, 15) is 0 Å². The summed E-state index contributed by atoms with van der Waals surface area (Å²) in [6.07, 6.45) is 6.95. The third kappa shape index (κ3) is 5.74. The highest BCUT2D eigenvalue weighted by atomic mass is 28.3. The van der Waals surface area contributed by atoms with Crippen LogP contribution in [0.3, 0.4) is 0 Å². The SMILES string of the molecule is C[Si]1(C)c2ccccc2-c2cc3c(cc21)C1(c2ccc(-c4cccc(-c5nc(-c6ccccc6)nc(-c6ccc(-c7cc8ccccc8c8ccccc78)cc6)n5)n4)cc2-3)C2CC3CC(C2)CC1C3. The largest absolute Gasteiger partial charge is 0.244 e. The molecule has 69 heavy (non-hydrogen) atoms. The topological polar surface area (TPSA) is 51.6 Å². The molecule has 4 bridgehead atoms. The van der Waals surface area contributed by atoms with E-state index in [2.05, 4.69) is 171 Å². The van der Waals surface area contributed by atoms with E-state index in [0.717, 1.165) is 45.5 Å². The number of aromatic nitrogens is 4. The second-order valence-corrected chi connectivity index (χ2v) is 25.7. The second-order valence-electron chi connectivity index (χ2n) is 21.4. The van der Waals surface area contributed by atoms with Crippen molar-refractivity contribution in [1.29, 1.82) is 0 Å². The normalized spacial score (nSPS) is 21.9. The quantitative estimate of drug-likeness (QED) is 0.128. The van der Waals surface area contributed by atoms with Crippen LogP contribution in [0.5, 0.6) is 0 Å². The Hall–Kier alpha value is -7.34. The van der Waals surface area contributed by atoms with Crippen LogP contribution in [-0.4, -0.2) is 28.0 Å². The first-order chi connectivity index (χ1) is 33.9. The summed E-state index contributed by atoms with van der Waals surface area (Å²) in [7, 11) is -1.86. The summed E-state index contributed by atoms with van der Waals surface area (Å²) in [5.74, 6) is 5.02. The van der Waals surface area contributed by atoms with E-state index in [1.54, 1.807) is 21.5 Å². The van der Waals surface area contributed by atoms with Gasteiger partial charge in [-0.05, 0) is 163 Å². The van der Waals surface area contributed by atoms with Crippen LogP contribution < -0.4 is 10.4 Å². The van der Waals surface area contributed by atoms with Gasteiger partial charge in [-0.3, -0.25) is 0 Å². The molecule has 8 aromatic carbocycles. The maximum atomic E-state index is 5.41. The van der Waals surface area contributed by atoms with E-state index in [1.165, 1.54) is 81.5 Å². The van der Waals surface area contributed by atoms with Crippen molar-refractivity contribution in [2.45, 2.75) is 50.6 Å². The van der Waals surface area contributed by atoms with Gasteiger partial charge in [0.05, 0.1) is 5.69 Å². The average molecular weight is 903 g/mol. The molecule has 2 aromatic heterocycles. The third-order valence-electron chi connectivity index (χ3n) is 17.5. The zero-order valence-electron chi connectivity index (χ0n) is 39.0. The third-order valence-corrected chi connectivity index (χ3v) is 21.1. The van der Waals surface area contributed by atoms with Gasteiger partial charge in [-0.2, -0.15) is 0 Å². The molecule has 0 radical (unpaired) electrons. The lowest BCUT2D eigenvalue weighted by atomic mass is 9.43. The molecule has 5 heteroatoms. The van der Waals surface area contributed by atoms with E-state index < -0.39 is 8.07 Å². The molecule has 1 aliphatic heterocycles. The zero-order chi connectivity index (χ0) is 45.6. The average Bonchev–Trinajstić information content (AvgIpc) is 3.81. The summed E-state index contributed by atoms with van der Waals surface area (Å²) in [4.78, 5) is 20.8. The fourth-order valence-corrected chi connectivity index (χ4v) is 17.8. The molecule has 0 saturated heterocycles. The van der Waals surface area contributed by atoms with Crippen molar-refractivity contribution in [3.63, 3.8) is 0 Å². The Balaban J connectivity index is 0.844. The van der Waals surface area contributed by atoms with Crippen molar-refractivity contribution in [3.8, 4) is 78.9 Å². The Morgan fingerprint density at radius 2 is 0.986 bits per heavy atom. The minimum atomic E-state index is -1.86. The van der Waals surface area contributed by atoms with Crippen LogP contribution in [-0.2, 0) is 5.41 Å². The van der Waals surface area contributed by atoms with Crippen LogP contribution >= 0.6 is 0 Å². The van der Waals surface area contributed by atoms with Crippen molar-refractivity contribution in [2.75, 3.05) is 0 Å². The Kier molecular flexibility index (Phi) is 8.38. The lowest BCUT2D eigenvalue weighted by molar-refractivity contribution is -0.0399. The predicted molar refractivity (Wildman–Crippen MR) is 285 cm³/mol. The van der Waals surface area contributed by atoms with Crippen LogP contribution in [0, 0.1) is 23.7 Å². The van der Waals surface area contributed by atoms with Crippen molar-refractivity contribution >= 4 is 40.0 Å². The van der Waals surface area contributed by atoms with E-state index in [1.807, 2.05) is 24.3 Å². The lowest BCUT2D eigenvalue weighted by Crippen LogP contribution is -2.56. The lowest BCUT2D eigenvalue weighted by Gasteiger charge is -2.61. The molecule has 0 atom stereocenters. The number of nitrogens with zero attached hydrogens (tertiary/aromatic N) is 4. The molecule has 16 rings (SSSR count). The first-order valence-electron chi connectivity index (χ1n) is 25.1. The van der Waals surface area contributed by atoms with Gasteiger partial charge in [0, 0.05) is 22.1 Å². The second kappa shape index (κ2) is 14.6. The minimum absolute atomic E-state index is 0.0940. The van der Waals surface area contributed by atoms with E-state index in [-0.39, 0.29) is 5.41 Å². The van der Waals surface area contributed by atoms with Gasteiger partial charge in [-0.15, -0.1) is 0 Å². The molecule has 4 nitrogen and oxygen atoms in total. The van der Waals surface area contributed by atoms with Gasteiger partial charge >= 0.3 is 0 Å². The molecule has 4 fully saturated rings. The smallest absolute Gasteiger partial charge is 0.182 e. The van der Waals surface area contributed by atoms with Gasteiger partial charge in [0.2, 0.25) is 0 Å². The first kappa shape index (κ1) is 39.6. The number of fused-ring (bicyclic) bond motifs is 9. The van der Waals surface area contributed by atoms with Crippen LogP contribution in [0.4, 0.5) is 0 Å². The Bertz CT molecular complexity index is 3750. The number of hydrogen-bond acceptors (Lipinski definition) is 4. The van der Waals surface area contributed by atoms with Crippen LogP contribution in [0.2, 0.25) is 13.1 Å². The van der Waals surface area contributed by atoms with Crippen molar-refractivity contribution < 1.29 is 0 Å². The van der Waals surface area contributed by atoms with Gasteiger partial charge in [-0.25, -0.2) is 19.9 Å². The first-order valence-corrected chi connectivity index (χ1v) is 28.1. The van der Waals surface area contributed by atoms with E-state index >= 15 is 0 Å². The number of rotatable bonds is 5. The summed E-state index contributed by atoms with van der Waals surface area (Å²) >= 11 is 0. The molecule has 3 heterocycles. The highest BCUT2D eigenvalue weighted by Crippen LogP contribution is 2.69. The summed E-state index contributed by atoms with van der Waals surface area (Å²) in [5.41, 5.74) is 16.1. The van der Waals surface area contributed by atoms with Gasteiger partial charge in [0.15, 0.2) is 17.5 Å². The summed E-state index contributed by atoms with van der Waals surface area (Å²) < 4.78 is 0. The molecular formula is C64H50N4Si. The summed E-state index contributed by atoms with van der Waals surface area (Å²) in [5, 5.41) is 8.22. The zero-order valence-corrected chi connectivity index (χ0v) is 40.0. The molecule has 0 unspecified atom stereocenters. The maximum Gasteiger partial charge on any atom is 0.182 e. The Labute approximate surface area is 404 Å². The molecule has 0 N–H and O–H groups in total. The van der Waals surface area contributed by atoms with Crippen LogP contribution in [0.15, 0.2) is 182 Å². The highest BCUT2D eigenvalue weighted by Gasteiger charge is 2.62. The molecular weight excluding hydrogens is 853 g/mol. The number of benzene rings is 8. The molecule has 330 valence electrons. The Morgan fingerprint density at radius 3 is 1.77 bits per heavy atom. The van der Waals surface area contributed by atoms with Gasteiger partial charge in [0.1, 0.15) is 13.8 Å². The summed E-state index contributed by atoms with van der Waals surface area (Å²) in [6.45, 7) is 5.16. The van der Waals surface area contributed by atoms with Gasteiger partial charge in [-0.1, -0.05) is 165 Å². The fraction of sp³-hybridized carbons (Fsp3) is 0.188. The maximum absolute atomic E-state index is 5.41. The number of pyridine rings is 1. The predicted octanol–water partition coefficient (Wildman–Crippen LogP) is 14.4. The Morgan fingerprint density at radius 1 is 0.377 bits per heavy atom. The number of hydrogen-bond donors (Lipinski definition) is 0. The van der Waals surface area contributed by atoms with E-state index in [4.69, 9.17) is 19.9 Å². The van der Waals surface area contributed by atoms with Crippen molar-refractivity contribution in [3.05, 3.63) is 193 Å². The summed E-state index contributed by atoms with van der Waals surface area (Å²) in [6, 6.07) is 67.0. The fourth-order valence-electron chi connectivity index (χ4n) is 14.7. The van der Waals surface area contributed by atoms with Crippen molar-refractivity contribution in [2.24, 2.45) is 23.7 Å².